The number of benzene rings is 2. The first-order chi connectivity index (χ1) is 14.3. The van der Waals surface area contributed by atoms with Crippen LogP contribution in [0.3, 0.4) is 0 Å². The third kappa shape index (κ3) is 4.36. The van der Waals surface area contributed by atoms with Gasteiger partial charge in [0.25, 0.3) is 5.91 Å². The van der Waals surface area contributed by atoms with Gasteiger partial charge in [-0.05, 0) is 36.8 Å². The second kappa shape index (κ2) is 8.38. The lowest BCUT2D eigenvalue weighted by Crippen LogP contribution is -2.52. The van der Waals surface area contributed by atoms with E-state index in [1.165, 1.54) is 0 Å². The Hall–Kier alpha value is -2.41. The van der Waals surface area contributed by atoms with Crippen LogP contribution < -0.4 is 10.6 Å². The van der Waals surface area contributed by atoms with Crippen LogP contribution in [0, 0.1) is 6.92 Å². The Morgan fingerprint density at radius 2 is 1.93 bits per heavy atom. The smallest absolute Gasteiger partial charge is 0.272 e. The van der Waals surface area contributed by atoms with Crippen molar-refractivity contribution in [3.8, 4) is 0 Å². The van der Waals surface area contributed by atoms with Crippen molar-refractivity contribution in [3.63, 3.8) is 0 Å². The molecule has 2 aliphatic heterocycles. The number of carbonyl (C=O) groups excluding carboxylic acids is 2. The van der Waals surface area contributed by atoms with Crippen molar-refractivity contribution in [2.45, 2.75) is 25.4 Å². The highest BCUT2D eigenvalue weighted by Gasteiger charge is 2.42. The lowest BCUT2D eigenvalue weighted by molar-refractivity contribution is -0.119. The van der Waals surface area contributed by atoms with Crippen molar-refractivity contribution < 1.29 is 9.59 Å². The Kier molecular flexibility index (Phi) is 5.82. The number of anilines is 1. The molecule has 8 heteroatoms. The summed E-state index contributed by atoms with van der Waals surface area (Å²) in [4.78, 5) is 31.8. The standard InChI is InChI=1S/C22H22Cl2N4O2/c1-14-17(24)6-3-7-18(14)25-19(29)13-28-10-8-22(9-11-28)26-20(21(30)27-22)15-4-2-5-16(23)12-15/h2-7,12H,8-11,13H2,1H3,(H,25,29)(H,27,30). The van der Waals surface area contributed by atoms with Gasteiger partial charge in [0.2, 0.25) is 5.91 Å². The summed E-state index contributed by atoms with van der Waals surface area (Å²) in [6, 6.07) is 12.6. The first-order valence-electron chi connectivity index (χ1n) is 9.81. The molecule has 156 valence electrons. The van der Waals surface area contributed by atoms with Crippen LogP contribution in [0.5, 0.6) is 0 Å². The molecule has 1 saturated heterocycles. The molecule has 2 aliphatic rings. The van der Waals surface area contributed by atoms with Gasteiger partial charge in [-0.2, -0.15) is 0 Å². The van der Waals surface area contributed by atoms with Crippen LogP contribution in [-0.4, -0.2) is 47.7 Å². The van der Waals surface area contributed by atoms with E-state index in [-0.39, 0.29) is 18.4 Å². The summed E-state index contributed by atoms with van der Waals surface area (Å²) in [6.07, 6.45) is 1.29. The number of nitrogens with zero attached hydrogens (tertiary/aromatic N) is 2. The molecule has 0 atom stereocenters. The fourth-order valence-corrected chi connectivity index (χ4v) is 4.21. The minimum Gasteiger partial charge on any atom is -0.326 e. The molecule has 0 bridgehead atoms. The molecule has 2 aromatic rings. The average molecular weight is 445 g/mol. The van der Waals surface area contributed by atoms with Crippen molar-refractivity contribution in [2.24, 2.45) is 4.99 Å². The predicted molar refractivity (Wildman–Crippen MR) is 119 cm³/mol. The Bertz CT molecular complexity index is 1030. The molecule has 30 heavy (non-hydrogen) atoms. The van der Waals surface area contributed by atoms with Gasteiger partial charge in [-0.3, -0.25) is 19.5 Å². The number of aliphatic imine (C=N–C) groups is 1. The zero-order chi connectivity index (χ0) is 21.3. The highest BCUT2D eigenvalue weighted by atomic mass is 35.5. The molecule has 2 N–H and O–H groups in total. The number of hydrogen-bond donors (Lipinski definition) is 2. The van der Waals surface area contributed by atoms with E-state index in [1.54, 1.807) is 24.3 Å². The summed E-state index contributed by atoms with van der Waals surface area (Å²) < 4.78 is 0. The highest BCUT2D eigenvalue weighted by molar-refractivity contribution is 6.47. The predicted octanol–water partition coefficient (Wildman–Crippen LogP) is 3.65. The minimum absolute atomic E-state index is 0.0881. The largest absolute Gasteiger partial charge is 0.326 e. The van der Waals surface area contributed by atoms with Gasteiger partial charge in [0, 0.05) is 47.2 Å². The Morgan fingerprint density at radius 1 is 1.20 bits per heavy atom. The summed E-state index contributed by atoms with van der Waals surface area (Å²) in [5.41, 5.74) is 2.10. The topological polar surface area (TPSA) is 73.8 Å². The molecule has 2 aromatic carbocycles. The summed E-state index contributed by atoms with van der Waals surface area (Å²) in [6.45, 7) is 3.48. The average Bonchev–Trinajstić information content (AvgIpc) is 3.03. The van der Waals surface area contributed by atoms with Crippen molar-refractivity contribution in [3.05, 3.63) is 63.6 Å². The minimum atomic E-state index is -0.606. The van der Waals surface area contributed by atoms with Crippen LogP contribution in [0.15, 0.2) is 47.5 Å². The quantitative estimate of drug-likeness (QED) is 0.755. The van der Waals surface area contributed by atoms with Gasteiger partial charge in [-0.1, -0.05) is 41.4 Å². The molecule has 6 nitrogen and oxygen atoms in total. The molecule has 1 spiro atoms. The van der Waals surface area contributed by atoms with Crippen LogP contribution in [0.25, 0.3) is 0 Å². The third-order valence-electron chi connectivity index (χ3n) is 5.58. The number of likely N-dealkylation sites (tertiary alicyclic amines) is 1. The normalized spacial score (nSPS) is 18.2. The van der Waals surface area contributed by atoms with Gasteiger partial charge in [0.1, 0.15) is 11.4 Å². The first-order valence-corrected chi connectivity index (χ1v) is 10.6. The highest BCUT2D eigenvalue weighted by Crippen LogP contribution is 2.29. The summed E-state index contributed by atoms with van der Waals surface area (Å²) in [7, 11) is 0. The molecule has 0 unspecified atom stereocenters. The van der Waals surface area contributed by atoms with Crippen LogP contribution in [-0.2, 0) is 9.59 Å². The molecule has 0 aromatic heterocycles. The third-order valence-corrected chi connectivity index (χ3v) is 6.22. The number of rotatable bonds is 4. The Balaban J connectivity index is 1.37. The molecule has 2 heterocycles. The first kappa shape index (κ1) is 20.8. The zero-order valence-corrected chi connectivity index (χ0v) is 18.1. The van der Waals surface area contributed by atoms with Gasteiger partial charge >= 0.3 is 0 Å². The van der Waals surface area contributed by atoms with E-state index in [2.05, 4.69) is 15.5 Å². The maximum atomic E-state index is 12.5. The Labute approximate surface area is 185 Å². The summed E-state index contributed by atoms with van der Waals surface area (Å²) >= 11 is 12.2. The fraction of sp³-hybridized carbons (Fsp3) is 0.318. The van der Waals surface area contributed by atoms with Gasteiger partial charge in [-0.25, -0.2) is 0 Å². The van der Waals surface area contributed by atoms with Crippen molar-refractivity contribution in [2.75, 3.05) is 25.0 Å². The maximum Gasteiger partial charge on any atom is 0.272 e. The van der Waals surface area contributed by atoms with E-state index in [4.69, 9.17) is 28.2 Å². The van der Waals surface area contributed by atoms with Crippen LogP contribution in [0.1, 0.15) is 24.0 Å². The van der Waals surface area contributed by atoms with E-state index in [9.17, 15) is 9.59 Å². The van der Waals surface area contributed by atoms with E-state index in [1.807, 2.05) is 25.1 Å². The van der Waals surface area contributed by atoms with Gasteiger partial charge < -0.3 is 10.6 Å². The summed E-state index contributed by atoms with van der Waals surface area (Å²) in [5.74, 6) is -0.269. The lowest BCUT2D eigenvalue weighted by Gasteiger charge is -2.36. The molecule has 0 saturated carbocycles. The monoisotopic (exact) mass is 444 g/mol. The number of hydrogen-bond acceptors (Lipinski definition) is 4. The molecule has 0 radical (unpaired) electrons. The number of nitrogens with one attached hydrogen (secondary N) is 2. The molecular formula is C22H22Cl2N4O2. The SMILES string of the molecule is Cc1c(Cl)cccc1NC(=O)CN1CCC2(CC1)N=C(c1cccc(Cl)c1)C(=O)N2. The van der Waals surface area contributed by atoms with Gasteiger partial charge in [0.05, 0.1) is 6.54 Å². The Morgan fingerprint density at radius 3 is 2.67 bits per heavy atom. The zero-order valence-electron chi connectivity index (χ0n) is 16.5. The van der Waals surface area contributed by atoms with Crippen molar-refractivity contribution >= 4 is 46.4 Å². The van der Waals surface area contributed by atoms with Crippen LogP contribution in [0.2, 0.25) is 10.0 Å². The van der Waals surface area contributed by atoms with E-state index >= 15 is 0 Å². The molecular weight excluding hydrogens is 423 g/mol. The van der Waals surface area contributed by atoms with E-state index in [0.29, 0.717) is 41.7 Å². The van der Waals surface area contributed by atoms with Gasteiger partial charge in [0.15, 0.2) is 0 Å². The second-order valence-corrected chi connectivity index (χ2v) is 8.54. The number of amides is 2. The molecule has 4 rings (SSSR count). The fourth-order valence-electron chi connectivity index (χ4n) is 3.85. The molecule has 0 aliphatic carbocycles. The number of halogens is 2. The number of piperidine rings is 1. The second-order valence-electron chi connectivity index (χ2n) is 7.69. The van der Waals surface area contributed by atoms with Crippen molar-refractivity contribution in [1.82, 2.24) is 10.2 Å². The van der Waals surface area contributed by atoms with E-state index < -0.39 is 5.66 Å². The van der Waals surface area contributed by atoms with Crippen molar-refractivity contribution in [1.29, 1.82) is 0 Å². The molecule has 2 amide bonds. The van der Waals surface area contributed by atoms with E-state index in [0.717, 1.165) is 16.8 Å². The maximum absolute atomic E-state index is 12.5. The summed E-state index contributed by atoms with van der Waals surface area (Å²) in [5, 5.41) is 7.15. The van der Waals surface area contributed by atoms with Gasteiger partial charge in [-0.15, -0.1) is 0 Å². The van der Waals surface area contributed by atoms with Crippen LogP contribution in [0.4, 0.5) is 5.69 Å². The van der Waals surface area contributed by atoms with Crippen LogP contribution >= 0.6 is 23.2 Å². The number of carbonyl (C=O) groups is 2. The molecule has 1 fully saturated rings. The lowest BCUT2D eigenvalue weighted by atomic mass is 9.98.